The summed E-state index contributed by atoms with van der Waals surface area (Å²) in [6.07, 6.45) is 1.98. The van der Waals surface area contributed by atoms with Gasteiger partial charge in [-0.25, -0.2) is 0 Å². The van der Waals surface area contributed by atoms with E-state index in [0.29, 0.717) is 23.8 Å². The van der Waals surface area contributed by atoms with Crippen molar-refractivity contribution in [3.05, 3.63) is 29.8 Å². The van der Waals surface area contributed by atoms with E-state index in [1.165, 1.54) is 0 Å². The number of hydrogen-bond donors (Lipinski definition) is 1. The van der Waals surface area contributed by atoms with Crippen LogP contribution in [0.3, 0.4) is 0 Å². The number of rotatable bonds is 4. The van der Waals surface area contributed by atoms with Crippen LogP contribution in [0.25, 0.3) is 0 Å². The summed E-state index contributed by atoms with van der Waals surface area (Å²) in [5.41, 5.74) is 0.555. The second kappa shape index (κ2) is 6.27. The van der Waals surface area contributed by atoms with E-state index in [1.807, 2.05) is 12.1 Å². The highest BCUT2D eigenvalue weighted by Crippen LogP contribution is 2.28. The predicted octanol–water partition coefficient (Wildman–Crippen LogP) is 2.63. The van der Waals surface area contributed by atoms with Crippen molar-refractivity contribution in [2.45, 2.75) is 32.3 Å². The number of amides is 1. The number of ether oxygens (including phenoxy) is 2. The zero-order valence-corrected chi connectivity index (χ0v) is 12.4. The molecule has 1 saturated heterocycles. The van der Waals surface area contributed by atoms with Crippen LogP contribution in [0, 0.1) is 5.92 Å². The first kappa shape index (κ1) is 14.9. The molecule has 1 aliphatic rings. The summed E-state index contributed by atoms with van der Waals surface area (Å²) in [5.74, 6) is 1.13. The summed E-state index contributed by atoms with van der Waals surface area (Å²) in [6.45, 7) is 5.67. The lowest BCUT2D eigenvalue weighted by Crippen LogP contribution is -2.39. The molecular weight excluding hydrogens is 254 g/mol. The second-order valence-electron chi connectivity index (χ2n) is 5.91. The van der Waals surface area contributed by atoms with Crippen LogP contribution in [-0.4, -0.2) is 31.8 Å². The highest BCUT2D eigenvalue weighted by molar-refractivity contribution is 5.94. The summed E-state index contributed by atoms with van der Waals surface area (Å²) in [5, 5.41) is 3.01. The smallest absolute Gasteiger partial charge is 0.251 e. The third-order valence-corrected chi connectivity index (χ3v) is 3.68. The third kappa shape index (κ3) is 3.97. The van der Waals surface area contributed by atoms with Crippen molar-refractivity contribution in [1.29, 1.82) is 0 Å². The van der Waals surface area contributed by atoms with Gasteiger partial charge in [-0.1, -0.05) is 6.07 Å². The zero-order chi connectivity index (χ0) is 14.6. The van der Waals surface area contributed by atoms with E-state index >= 15 is 0 Å². The van der Waals surface area contributed by atoms with Gasteiger partial charge in [0.15, 0.2) is 0 Å². The van der Waals surface area contributed by atoms with Gasteiger partial charge in [0.1, 0.15) is 5.75 Å². The molecule has 1 aliphatic heterocycles. The second-order valence-corrected chi connectivity index (χ2v) is 5.91. The molecule has 110 valence electrons. The molecule has 20 heavy (non-hydrogen) atoms. The molecule has 1 amide bonds. The Hall–Kier alpha value is -1.55. The largest absolute Gasteiger partial charge is 0.497 e. The molecule has 1 fully saturated rings. The maximum atomic E-state index is 12.1. The summed E-state index contributed by atoms with van der Waals surface area (Å²) >= 11 is 0. The molecule has 1 aromatic carbocycles. The SMILES string of the molecule is COc1cccc(C(=O)NC[C@H]2CCOC(C)(C)C2)c1. The predicted molar refractivity (Wildman–Crippen MR) is 78.1 cm³/mol. The lowest BCUT2D eigenvalue weighted by molar-refractivity contribution is -0.0715. The minimum Gasteiger partial charge on any atom is -0.497 e. The normalized spacial score (nSPS) is 21.2. The van der Waals surface area contributed by atoms with Crippen LogP contribution in [0.1, 0.15) is 37.0 Å². The van der Waals surface area contributed by atoms with E-state index in [1.54, 1.807) is 19.2 Å². The number of methoxy groups -OCH3 is 1. The van der Waals surface area contributed by atoms with Crippen LogP contribution in [0.2, 0.25) is 0 Å². The van der Waals surface area contributed by atoms with Crippen molar-refractivity contribution in [2.24, 2.45) is 5.92 Å². The minimum absolute atomic E-state index is 0.0480. The van der Waals surface area contributed by atoms with Gasteiger partial charge in [0.05, 0.1) is 12.7 Å². The van der Waals surface area contributed by atoms with Gasteiger partial charge in [0.25, 0.3) is 5.91 Å². The fourth-order valence-corrected chi connectivity index (χ4v) is 2.64. The molecule has 4 heteroatoms. The van der Waals surface area contributed by atoms with Crippen LogP contribution in [-0.2, 0) is 4.74 Å². The Labute approximate surface area is 120 Å². The number of hydrogen-bond acceptors (Lipinski definition) is 3. The van der Waals surface area contributed by atoms with Crippen LogP contribution < -0.4 is 10.1 Å². The lowest BCUT2D eigenvalue weighted by Gasteiger charge is -2.35. The molecule has 1 N–H and O–H groups in total. The van der Waals surface area contributed by atoms with Gasteiger partial charge in [-0.15, -0.1) is 0 Å². The van der Waals surface area contributed by atoms with Crippen molar-refractivity contribution < 1.29 is 14.3 Å². The fourth-order valence-electron chi connectivity index (χ4n) is 2.64. The van der Waals surface area contributed by atoms with Crippen molar-refractivity contribution >= 4 is 5.91 Å². The molecule has 1 atom stereocenters. The summed E-state index contributed by atoms with van der Waals surface area (Å²) in [7, 11) is 1.60. The van der Waals surface area contributed by atoms with Crippen LogP contribution in [0.5, 0.6) is 5.75 Å². The van der Waals surface area contributed by atoms with Crippen LogP contribution in [0.15, 0.2) is 24.3 Å². The van der Waals surface area contributed by atoms with E-state index in [0.717, 1.165) is 19.4 Å². The highest BCUT2D eigenvalue weighted by Gasteiger charge is 2.28. The topological polar surface area (TPSA) is 47.6 Å². The molecular formula is C16H23NO3. The molecule has 0 aliphatic carbocycles. The van der Waals surface area contributed by atoms with E-state index < -0.39 is 0 Å². The Morgan fingerprint density at radius 2 is 2.30 bits per heavy atom. The van der Waals surface area contributed by atoms with Crippen molar-refractivity contribution in [3.63, 3.8) is 0 Å². The minimum atomic E-state index is -0.0798. The van der Waals surface area contributed by atoms with Crippen molar-refractivity contribution in [2.75, 3.05) is 20.3 Å². The monoisotopic (exact) mass is 277 g/mol. The lowest BCUT2D eigenvalue weighted by atomic mass is 9.88. The Balaban J connectivity index is 1.88. The van der Waals surface area contributed by atoms with Gasteiger partial charge >= 0.3 is 0 Å². The quantitative estimate of drug-likeness (QED) is 0.920. The summed E-state index contributed by atoms with van der Waals surface area (Å²) in [6, 6.07) is 7.21. The Kier molecular flexibility index (Phi) is 4.65. The Bertz CT molecular complexity index is 471. The van der Waals surface area contributed by atoms with Gasteiger partial charge in [0.2, 0.25) is 0 Å². The average molecular weight is 277 g/mol. The molecule has 1 heterocycles. The van der Waals surface area contributed by atoms with Crippen molar-refractivity contribution in [3.8, 4) is 5.75 Å². The summed E-state index contributed by atoms with van der Waals surface area (Å²) < 4.78 is 10.8. The third-order valence-electron chi connectivity index (χ3n) is 3.68. The van der Waals surface area contributed by atoms with E-state index in [9.17, 15) is 4.79 Å². The fraction of sp³-hybridized carbons (Fsp3) is 0.562. The zero-order valence-electron chi connectivity index (χ0n) is 12.4. The van der Waals surface area contributed by atoms with Crippen LogP contribution >= 0.6 is 0 Å². The van der Waals surface area contributed by atoms with Gasteiger partial charge < -0.3 is 14.8 Å². The van der Waals surface area contributed by atoms with E-state index in [2.05, 4.69) is 19.2 Å². The van der Waals surface area contributed by atoms with Crippen LogP contribution in [0.4, 0.5) is 0 Å². The standard InChI is InChI=1S/C16H23NO3/c1-16(2)10-12(7-8-20-16)11-17-15(18)13-5-4-6-14(9-13)19-3/h4-6,9,12H,7-8,10-11H2,1-3H3,(H,17,18)/t12-/m0/s1. The number of carbonyl (C=O) groups excluding carboxylic acids is 1. The molecule has 0 spiro atoms. The first-order valence-electron chi connectivity index (χ1n) is 7.06. The molecule has 0 saturated carbocycles. The Morgan fingerprint density at radius 3 is 3.00 bits per heavy atom. The number of nitrogens with one attached hydrogen (secondary N) is 1. The molecule has 0 unspecified atom stereocenters. The molecule has 0 radical (unpaired) electrons. The number of carbonyl (C=O) groups is 1. The molecule has 1 aromatic rings. The molecule has 2 rings (SSSR count). The molecule has 0 aromatic heterocycles. The highest BCUT2D eigenvalue weighted by atomic mass is 16.5. The first-order valence-corrected chi connectivity index (χ1v) is 7.06. The van der Waals surface area contributed by atoms with Crippen molar-refractivity contribution in [1.82, 2.24) is 5.32 Å². The van der Waals surface area contributed by atoms with E-state index in [4.69, 9.17) is 9.47 Å². The average Bonchev–Trinajstić information content (AvgIpc) is 2.44. The Morgan fingerprint density at radius 1 is 1.50 bits per heavy atom. The van der Waals surface area contributed by atoms with E-state index in [-0.39, 0.29) is 11.5 Å². The van der Waals surface area contributed by atoms with Gasteiger partial charge in [-0.05, 0) is 50.8 Å². The summed E-state index contributed by atoms with van der Waals surface area (Å²) in [4.78, 5) is 12.1. The van der Waals surface area contributed by atoms with Gasteiger partial charge in [-0.3, -0.25) is 4.79 Å². The first-order chi connectivity index (χ1) is 9.50. The van der Waals surface area contributed by atoms with Gasteiger partial charge in [-0.2, -0.15) is 0 Å². The molecule has 4 nitrogen and oxygen atoms in total. The maximum absolute atomic E-state index is 12.1. The van der Waals surface area contributed by atoms with Gasteiger partial charge in [0, 0.05) is 18.7 Å². The number of benzene rings is 1. The molecule has 0 bridgehead atoms. The maximum Gasteiger partial charge on any atom is 0.251 e.